The molecule has 1 fully saturated rings. The minimum atomic E-state index is -1.31. The zero-order chi connectivity index (χ0) is 27.6. The van der Waals surface area contributed by atoms with Gasteiger partial charge in [0.05, 0.1) is 39.5 Å². The fourth-order valence-electron chi connectivity index (χ4n) is 5.46. The molecule has 4 heterocycles. The van der Waals surface area contributed by atoms with Gasteiger partial charge in [0, 0.05) is 44.3 Å². The number of halogens is 1. The quantitative estimate of drug-likeness (QED) is 0.373. The number of carbonyl (C=O) groups is 2. The summed E-state index contributed by atoms with van der Waals surface area (Å²) in [4.78, 5) is 43.1. The number of thioether (sulfide) groups is 1. The minimum Gasteiger partial charge on any atom is -0.477 e. The van der Waals surface area contributed by atoms with E-state index in [4.69, 9.17) is 5.73 Å². The topological polar surface area (TPSA) is 136 Å². The third-order valence-electron chi connectivity index (χ3n) is 7.55. The van der Waals surface area contributed by atoms with Gasteiger partial charge in [0.25, 0.3) is 0 Å². The van der Waals surface area contributed by atoms with Gasteiger partial charge < -0.3 is 30.1 Å². The molecule has 0 aliphatic carbocycles. The van der Waals surface area contributed by atoms with Gasteiger partial charge in [0.2, 0.25) is 11.3 Å². The SMILES string of the molecule is CC1Sc2c(C(=O)O)c(=O)c3cc(F)c(N4CCN(CC(=O)Nc5ccc6c(c5)NC(N)N6C)CC4)cc3n21. The average molecular weight is 554 g/mol. The van der Waals surface area contributed by atoms with Crippen molar-refractivity contribution in [2.75, 3.05) is 60.2 Å². The number of benzene rings is 2. The molecule has 6 rings (SSSR count). The summed E-state index contributed by atoms with van der Waals surface area (Å²) in [5, 5.41) is 16.0. The molecule has 0 radical (unpaired) electrons. The van der Waals surface area contributed by atoms with E-state index >= 15 is 4.39 Å². The van der Waals surface area contributed by atoms with Crippen LogP contribution in [-0.2, 0) is 4.79 Å². The van der Waals surface area contributed by atoms with Crippen LogP contribution in [0.5, 0.6) is 0 Å². The lowest BCUT2D eigenvalue weighted by Crippen LogP contribution is -2.49. The third-order valence-corrected chi connectivity index (χ3v) is 8.73. The van der Waals surface area contributed by atoms with Crippen LogP contribution in [0.25, 0.3) is 10.9 Å². The lowest BCUT2D eigenvalue weighted by molar-refractivity contribution is -0.117. The highest BCUT2D eigenvalue weighted by Gasteiger charge is 2.33. The first-order valence-corrected chi connectivity index (χ1v) is 13.5. The maximum Gasteiger partial charge on any atom is 0.342 e. The van der Waals surface area contributed by atoms with E-state index in [1.165, 1.54) is 11.8 Å². The second kappa shape index (κ2) is 9.43. The summed E-state index contributed by atoms with van der Waals surface area (Å²) in [5.41, 5.74) is 8.41. The molecule has 2 unspecified atom stereocenters. The Balaban J connectivity index is 1.14. The number of carboxylic acid groups (broad SMARTS) is 1. The smallest absolute Gasteiger partial charge is 0.342 e. The first-order valence-electron chi connectivity index (χ1n) is 12.6. The lowest BCUT2D eigenvalue weighted by Gasteiger charge is -2.37. The lowest BCUT2D eigenvalue weighted by atomic mass is 10.1. The number of aromatic nitrogens is 1. The number of aromatic carboxylic acids is 1. The molecule has 204 valence electrons. The van der Waals surface area contributed by atoms with Crippen molar-refractivity contribution in [3.05, 3.63) is 51.9 Å². The number of rotatable bonds is 5. The molecule has 39 heavy (non-hydrogen) atoms. The van der Waals surface area contributed by atoms with Gasteiger partial charge in [-0.25, -0.2) is 9.18 Å². The van der Waals surface area contributed by atoms with Crippen molar-refractivity contribution in [1.29, 1.82) is 0 Å². The predicted molar refractivity (Wildman–Crippen MR) is 149 cm³/mol. The Morgan fingerprint density at radius 3 is 2.62 bits per heavy atom. The Bertz CT molecular complexity index is 1590. The van der Waals surface area contributed by atoms with Gasteiger partial charge in [-0.1, -0.05) is 11.8 Å². The summed E-state index contributed by atoms with van der Waals surface area (Å²) in [6.45, 7) is 4.21. The summed E-state index contributed by atoms with van der Waals surface area (Å²) in [5.74, 6) is -2.02. The molecule has 1 amide bonds. The Labute approximate surface area is 227 Å². The number of hydrogen-bond acceptors (Lipinski definition) is 9. The minimum absolute atomic E-state index is 0.0611. The molecular weight excluding hydrogens is 525 g/mol. The molecule has 13 heteroatoms. The number of piperazine rings is 1. The standard InChI is InChI=1S/C26H28FN7O4S/c1-13-34-19-11-20(16(27)10-15(19)23(36)22(25(37)38)24(34)39-13)33-7-5-32(6-8-33)12-21(35)29-14-3-4-18-17(9-14)30-26(28)31(18)2/h3-4,9-11,13,26,30H,5-8,12,28H2,1-2H3,(H,29,35)(H,37,38). The van der Waals surface area contributed by atoms with Crippen LogP contribution in [0, 0.1) is 5.82 Å². The molecule has 0 spiro atoms. The van der Waals surface area contributed by atoms with Crippen molar-refractivity contribution >= 4 is 57.3 Å². The number of pyridine rings is 1. The van der Waals surface area contributed by atoms with Crippen molar-refractivity contribution in [3.63, 3.8) is 0 Å². The first kappa shape index (κ1) is 25.5. The van der Waals surface area contributed by atoms with Crippen molar-refractivity contribution in [1.82, 2.24) is 9.47 Å². The van der Waals surface area contributed by atoms with E-state index in [1.54, 1.807) is 10.6 Å². The van der Waals surface area contributed by atoms with E-state index < -0.39 is 17.2 Å². The van der Waals surface area contributed by atoms with Crippen molar-refractivity contribution < 1.29 is 19.1 Å². The van der Waals surface area contributed by atoms with Gasteiger partial charge in [-0.05, 0) is 37.3 Å². The number of hydrogen-bond donors (Lipinski definition) is 4. The molecule has 11 nitrogen and oxygen atoms in total. The largest absolute Gasteiger partial charge is 0.477 e. The molecule has 3 aliphatic rings. The number of nitrogens with one attached hydrogen (secondary N) is 2. The number of carbonyl (C=O) groups excluding carboxylic acids is 1. The van der Waals surface area contributed by atoms with E-state index in [1.807, 2.05) is 46.9 Å². The number of nitrogens with zero attached hydrogens (tertiary/aromatic N) is 4. The fourth-order valence-corrected chi connectivity index (χ4v) is 6.61. The van der Waals surface area contributed by atoms with Gasteiger partial charge in [-0.3, -0.25) is 20.2 Å². The van der Waals surface area contributed by atoms with Crippen molar-refractivity contribution in [2.24, 2.45) is 5.73 Å². The molecule has 2 aromatic carbocycles. The normalized spacial score (nSPS) is 20.3. The van der Waals surface area contributed by atoms with Crippen LogP contribution in [0.15, 0.2) is 40.2 Å². The summed E-state index contributed by atoms with van der Waals surface area (Å²) >= 11 is 1.31. The number of nitrogens with two attached hydrogens (primary N) is 1. The molecule has 0 saturated carbocycles. The maximum absolute atomic E-state index is 15.2. The van der Waals surface area contributed by atoms with Crippen LogP contribution in [0.4, 0.5) is 27.1 Å². The van der Waals surface area contributed by atoms with Gasteiger partial charge >= 0.3 is 5.97 Å². The fraction of sp³-hybridized carbons (Fsp3) is 0.346. The highest BCUT2D eigenvalue weighted by Crippen LogP contribution is 2.46. The first-order chi connectivity index (χ1) is 18.6. The molecule has 3 aromatic rings. The van der Waals surface area contributed by atoms with Crippen molar-refractivity contribution in [3.8, 4) is 0 Å². The average Bonchev–Trinajstić information content (AvgIpc) is 3.16. The van der Waals surface area contributed by atoms with Gasteiger partial charge in [-0.15, -0.1) is 0 Å². The molecule has 5 N–H and O–H groups in total. The number of carboxylic acids is 1. The van der Waals surface area contributed by atoms with E-state index in [0.29, 0.717) is 48.1 Å². The van der Waals surface area contributed by atoms with Gasteiger partial charge in [-0.2, -0.15) is 0 Å². The van der Waals surface area contributed by atoms with E-state index in [-0.39, 0.29) is 35.1 Å². The van der Waals surface area contributed by atoms with Crippen LogP contribution in [0.2, 0.25) is 0 Å². The van der Waals surface area contributed by atoms with E-state index in [2.05, 4.69) is 10.6 Å². The number of amides is 1. The summed E-state index contributed by atoms with van der Waals surface area (Å²) in [7, 11) is 1.89. The molecular formula is C26H28FN7O4S. The Morgan fingerprint density at radius 2 is 1.92 bits per heavy atom. The highest BCUT2D eigenvalue weighted by molar-refractivity contribution is 8.00. The zero-order valence-electron chi connectivity index (χ0n) is 21.4. The molecule has 1 aromatic heterocycles. The zero-order valence-corrected chi connectivity index (χ0v) is 22.2. The molecule has 0 bridgehead atoms. The number of fused-ring (bicyclic) bond motifs is 4. The summed E-state index contributed by atoms with van der Waals surface area (Å²) < 4.78 is 17.0. The van der Waals surface area contributed by atoms with Crippen LogP contribution in [-0.4, -0.2) is 72.5 Å². The van der Waals surface area contributed by atoms with E-state index in [9.17, 15) is 19.5 Å². The Morgan fingerprint density at radius 1 is 1.18 bits per heavy atom. The predicted octanol–water partition coefficient (Wildman–Crippen LogP) is 2.33. The number of anilines is 4. The molecule has 2 atom stereocenters. The third kappa shape index (κ3) is 4.26. The Hall–Kier alpha value is -3.81. The van der Waals surface area contributed by atoms with Gasteiger partial charge in [0.1, 0.15) is 11.4 Å². The second-order valence-electron chi connectivity index (χ2n) is 9.97. The monoisotopic (exact) mass is 553 g/mol. The van der Waals surface area contributed by atoms with Crippen LogP contribution >= 0.6 is 11.8 Å². The maximum atomic E-state index is 15.2. The van der Waals surface area contributed by atoms with Gasteiger partial charge in [0.15, 0.2) is 6.29 Å². The second-order valence-corrected chi connectivity index (χ2v) is 11.3. The molecule has 1 saturated heterocycles. The van der Waals surface area contributed by atoms with Crippen LogP contribution in [0.3, 0.4) is 0 Å². The van der Waals surface area contributed by atoms with E-state index in [0.717, 1.165) is 17.4 Å². The van der Waals surface area contributed by atoms with Crippen LogP contribution in [0.1, 0.15) is 22.7 Å². The van der Waals surface area contributed by atoms with Crippen LogP contribution < -0.4 is 31.6 Å². The van der Waals surface area contributed by atoms with Crippen molar-refractivity contribution in [2.45, 2.75) is 23.6 Å². The molecule has 3 aliphatic heterocycles. The summed E-state index contributed by atoms with van der Waals surface area (Å²) in [6, 6.07) is 8.40. The summed E-state index contributed by atoms with van der Waals surface area (Å²) in [6.07, 6.45) is -0.309. The Kier molecular flexibility index (Phi) is 6.16. The highest BCUT2D eigenvalue weighted by atomic mass is 32.2.